The number of aromatic nitrogens is 1. The smallest absolute Gasteiger partial charge is 0.373 e. The van der Waals surface area contributed by atoms with Gasteiger partial charge in [-0.15, -0.1) is 0 Å². The second-order valence-electron chi connectivity index (χ2n) is 8.16. The van der Waals surface area contributed by atoms with E-state index in [2.05, 4.69) is 14.8 Å². The number of methoxy groups -OCH3 is 2. The number of hydrogen-bond donors (Lipinski definition) is 1. The first kappa shape index (κ1) is 25.3. The quantitative estimate of drug-likeness (QED) is 0.280. The Labute approximate surface area is 212 Å². The number of esters is 2. The fraction of sp³-hybridized carbons (Fsp3) is 0.231. The molecule has 0 atom stereocenters. The van der Waals surface area contributed by atoms with Crippen molar-refractivity contribution in [2.24, 2.45) is 0 Å². The lowest BCUT2D eigenvalue weighted by Gasteiger charge is -2.11. The number of amides is 3. The van der Waals surface area contributed by atoms with Crippen molar-refractivity contribution in [3.63, 3.8) is 0 Å². The number of carbonyl (C=O) groups is 4. The number of aryl methyl sites for hydroxylation is 1. The zero-order valence-electron chi connectivity index (χ0n) is 20.7. The van der Waals surface area contributed by atoms with Gasteiger partial charge >= 0.3 is 18.0 Å². The Morgan fingerprint density at radius 3 is 2.43 bits per heavy atom. The summed E-state index contributed by atoms with van der Waals surface area (Å²) in [4.78, 5) is 49.3. The topological polar surface area (TPSA) is 129 Å². The Bertz CT molecular complexity index is 1400. The molecule has 1 aliphatic rings. The van der Waals surface area contributed by atoms with Crippen LogP contribution in [-0.4, -0.2) is 54.2 Å². The van der Waals surface area contributed by atoms with Crippen molar-refractivity contribution in [3.05, 3.63) is 76.6 Å². The van der Waals surface area contributed by atoms with Crippen LogP contribution in [0, 0.1) is 13.8 Å². The summed E-state index contributed by atoms with van der Waals surface area (Å²) in [5.74, 6) is -0.867. The Balaban J connectivity index is 1.51. The fourth-order valence-electron chi connectivity index (χ4n) is 3.92. The third kappa shape index (κ3) is 5.25. The van der Waals surface area contributed by atoms with E-state index < -0.39 is 23.9 Å². The predicted octanol–water partition coefficient (Wildman–Crippen LogP) is 3.12. The monoisotopic (exact) mass is 507 g/mol. The van der Waals surface area contributed by atoms with Crippen LogP contribution in [0.3, 0.4) is 0 Å². The first-order valence-corrected chi connectivity index (χ1v) is 11.2. The van der Waals surface area contributed by atoms with E-state index in [1.807, 2.05) is 36.6 Å². The molecule has 3 aromatic rings. The molecule has 37 heavy (non-hydrogen) atoms. The van der Waals surface area contributed by atoms with E-state index in [9.17, 15) is 19.2 Å². The van der Waals surface area contributed by atoms with Crippen molar-refractivity contribution in [2.75, 3.05) is 20.8 Å². The summed E-state index contributed by atoms with van der Waals surface area (Å²) in [7, 11) is 2.52. The zero-order chi connectivity index (χ0) is 26.7. The van der Waals surface area contributed by atoms with Crippen LogP contribution >= 0.6 is 0 Å². The summed E-state index contributed by atoms with van der Waals surface area (Å²) < 4.78 is 21.9. The minimum atomic E-state index is -0.650. The van der Waals surface area contributed by atoms with Crippen molar-refractivity contribution in [3.8, 4) is 11.4 Å². The lowest BCUT2D eigenvalue weighted by Crippen LogP contribution is -2.30. The van der Waals surface area contributed by atoms with Gasteiger partial charge in [-0.2, -0.15) is 0 Å². The van der Waals surface area contributed by atoms with Crippen LogP contribution in [0.5, 0.6) is 5.75 Å². The van der Waals surface area contributed by atoms with Crippen LogP contribution in [0.15, 0.2) is 52.6 Å². The average Bonchev–Trinajstić information content (AvgIpc) is 3.55. The van der Waals surface area contributed by atoms with Gasteiger partial charge in [0.2, 0.25) is 5.76 Å². The van der Waals surface area contributed by atoms with Crippen molar-refractivity contribution < 1.29 is 37.8 Å². The molecule has 0 bridgehead atoms. The van der Waals surface area contributed by atoms with E-state index >= 15 is 0 Å². The summed E-state index contributed by atoms with van der Waals surface area (Å²) in [5.41, 5.74) is 3.49. The number of furan rings is 1. The maximum absolute atomic E-state index is 13.0. The predicted molar refractivity (Wildman–Crippen MR) is 130 cm³/mol. The van der Waals surface area contributed by atoms with Gasteiger partial charge in [-0.05, 0) is 68.0 Å². The molecule has 0 saturated carbocycles. The van der Waals surface area contributed by atoms with Gasteiger partial charge in [0.15, 0.2) is 6.61 Å². The fourth-order valence-corrected chi connectivity index (χ4v) is 3.92. The molecular weight excluding hydrogens is 482 g/mol. The number of nitrogens with zero attached hydrogens (tertiary/aromatic N) is 2. The summed E-state index contributed by atoms with van der Waals surface area (Å²) in [5, 5.41) is 2.60. The maximum atomic E-state index is 13.0. The summed E-state index contributed by atoms with van der Waals surface area (Å²) >= 11 is 0. The van der Waals surface area contributed by atoms with Crippen LogP contribution in [-0.2, 0) is 25.6 Å². The molecule has 1 aromatic carbocycles. The second-order valence-corrected chi connectivity index (χ2v) is 8.16. The van der Waals surface area contributed by atoms with Crippen LogP contribution in [0.4, 0.5) is 4.79 Å². The average molecular weight is 507 g/mol. The molecule has 3 amide bonds. The molecule has 1 N–H and O–H groups in total. The highest BCUT2D eigenvalue weighted by atomic mass is 16.6. The number of hydrogen-bond acceptors (Lipinski definition) is 8. The van der Waals surface area contributed by atoms with E-state index in [-0.39, 0.29) is 30.4 Å². The molecule has 2 aromatic heterocycles. The number of rotatable bonds is 8. The normalized spacial score (nSPS) is 14.2. The molecule has 192 valence electrons. The van der Waals surface area contributed by atoms with Crippen molar-refractivity contribution in [2.45, 2.75) is 20.4 Å². The molecule has 0 aliphatic carbocycles. The summed E-state index contributed by atoms with van der Waals surface area (Å²) in [6, 6.07) is 11.4. The van der Waals surface area contributed by atoms with Gasteiger partial charge in [-0.3, -0.25) is 9.69 Å². The third-order valence-corrected chi connectivity index (χ3v) is 5.77. The van der Waals surface area contributed by atoms with Gasteiger partial charge in [0.1, 0.15) is 17.2 Å². The second kappa shape index (κ2) is 10.4. The lowest BCUT2D eigenvalue weighted by molar-refractivity contribution is -0.142. The van der Waals surface area contributed by atoms with Crippen LogP contribution < -0.4 is 10.1 Å². The van der Waals surface area contributed by atoms with Crippen molar-refractivity contribution in [1.29, 1.82) is 0 Å². The van der Waals surface area contributed by atoms with Crippen LogP contribution in [0.2, 0.25) is 0 Å². The number of imide groups is 1. The van der Waals surface area contributed by atoms with Gasteiger partial charge in [-0.25, -0.2) is 14.4 Å². The molecule has 4 rings (SSSR count). The third-order valence-electron chi connectivity index (χ3n) is 5.77. The molecule has 11 heteroatoms. The van der Waals surface area contributed by atoms with Gasteiger partial charge in [-0.1, -0.05) is 0 Å². The van der Waals surface area contributed by atoms with E-state index in [0.29, 0.717) is 5.75 Å². The van der Waals surface area contributed by atoms with Gasteiger partial charge in [0, 0.05) is 17.1 Å². The first-order valence-electron chi connectivity index (χ1n) is 11.2. The molecular formula is C26H25N3O8. The molecule has 11 nitrogen and oxygen atoms in total. The molecule has 0 radical (unpaired) electrons. The highest BCUT2D eigenvalue weighted by Gasteiger charge is 2.34. The van der Waals surface area contributed by atoms with Gasteiger partial charge in [0.05, 0.1) is 20.8 Å². The molecule has 1 aliphatic heterocycles. The van der Waals surface area contributed by atoms with E-state index in [4.69, 9.17) is 9.15 Å². The lowest BCUT2D eigenvalue weighted by atomic mass is 10.2. The highest BCUT2D eigenvalue weighted by molar-refractivity contribution is 6.14. The minimum absolute atomic E-state index is 0.0178. The SMILES string of the molecule is COC(=O)COc1ccc(-n2c(C)cc(/C=C3\NC(=O)N(Cc4ccc(C(=O)OC)o4)C3=O)c2C)cc1. The Hall–Kier alpha value is -4.80. The van der Waals surface area contributed by atoms with E-state index in [1.165, 1.54) is 26.4 Å². The minimum Gasteiger partial charge on any atom is -0.482 e. The standard InChI is InChI=1S/C26H25N3O8/c1-15-11-17(16(2)29(15)18-5-7-19(8-6-18)36-14-23(30)34-3)12-21-24(31)28(26(33)27-21)13-20-9-10-22(37-20)25(32)35-4/h5-12H,13-14H2,1-4H3,(H,27,33)/b21-12-. The molecule has 0 unspecified atom stereocenters. The zero-order valence-corrected chi connectivity index (χ0v) is 20.7. The van der Waals surface area contributed by atoms with Crippen molar-refractivity contribution in [1.82, 2.24) is 14.8 Å². The Morgan fingerprint density at radius 2 is 1.76 bits per heavy atom. The Morgan fingerprint density at radius 1 is 1.03 bits per heavy atom. The van der Waals surface area contributed by atoms with E-state index in [0.717, 1.165) is 27.5 Å². The van der Waals surface area contributed by atoms with E-state index in [1.54, 1.807) is 18.2 Å². The van der Waals surface area contributed by atoms with Crippen molar-refractivity contribution >= 4 is 30.0 Å². The number of urea groups is 1. The highest BCUT2D eigenvalue weighted by Crippen LogP contribution is 2.26. The number of carbonyl (C=O) groups excluding carboxylic acids is 4. The largest absolute Gasteiger partial charge is 0.482 e. The summed E-state index contributed by atoms with van der Waals surface area (Å²) in [6.45, 7) is 3.51. The van der Waals surface area contributed by atoms with Crippen LogP contribution in [0.1, 0.15) is 33.3 Å². The molecule has 1 fully saturated rings. The molecule has 0 spiro atoms. The first-order chi connectivity index (χ1) is 17.7. The molecule has 1 saturated heterocycles. The number of ether oxygens (including phenoxy) is 3. The maximum Gasteiger partial charge on any atom is 0.373 e. The van der Waals surface area contributed by atoms with Gasteiger partial charge in [0.25, 0.3) is 5.91 Å². The summed E-state index contributed by atoms with van der Waals surface area (Å²) in [6.07, 6.45) is 1.62. The van der Waals surface area contributed by atoms with Gasteiger partial charge < -0.3 is 28.5 Å². The van der Waals surface area contributed by atoms with Crippen LogP contribution in [0.25, 0.3) is 11.8 Å². The molecule has 3 heterocycles. The number of nitrogens with one attached hydrogen (secondary N) is 1. The number of benzene rings is 1. The Kier molecular flexibility index (Phi) is 7.14.